The number of rotatable bonds is 7. The number of methoxy groups -OCH3 is 1. The molecule has 0 aromatic heterocycles. The van der Waals surface area contributed by atoms with Crippen molar-refractivity contribution in [3.63, 3.8) is 0 Å². The van der Waals surface area contributed by atoms with Gasteiger partial charge in [-0.1, -0.05) is 65.3 Å². The molecule has 6 rings (SSSR count). The third kappa shape index (κ3) is 5.29. The minimum absolute atomic E-state index is 0.0248. The summed E-state index contributed by atoms with van der Waals surface area (Å²) >= 11 is 0. The summed E-state index contributed by atoms with van der Waals surface area (Å²) in [6, 6.07) is 0. The van der Waals surface area contributed by atoms with Crippen molar-refractivity contribution >= 4 is 5.97 Å². The fourth-order valence-corrected chi connectivity index (χ4v) is 13.8. The van der Waals surface area contributed by atoms with Crippen molar-refractivity contribution < 1.29 is 14.3 Å². The summed E-state index contributed by atoms with van der Waals surface area (Å²) < 4.78 is 11.9. The summed E-state index contributed by atoms with van der Waals surface area (Å²) in [5, 5.41) is 0. The normalized spacial score (nSPS) is 47.5. The van der Waals surface area contributed by atoms with Gasteiger partial charge in [0.15, 0.2) is 5.60 Å². The Hall–Kier alpha value is -1.13. The van der Waals surface area contributed by atoms with Crippen LogP contribution in [0, 0.1) is 57.2 Å². The maximum atomic E-state index is 13.3. The van der Waals surface area contributed by atoms with Gasteiger partial charge in [-0.2, -0.15) is 0 Å². The van der Waals surface area contributed by atoms with E-state index in [2.05, 4.69) is 61.1 Å². The van der Waals surface area contributed by atoms with Crippen LogP contribution in [0.1, 0.15) is 159 Å². The molecular weight excluding hydrogens is 578 g/mol. The molecule has 0 aromatic rings. The van der Waals surface area contributed by atoms with Crippen molar-refractivity contribution in [3.05, 3.63) is 23.8 Å². The first-order chi connectivity index (χ1) is 21.8. The Bertz CT molecular complexity index is 1270. The highest BCUT2D eigenvalue weighted by atomic mass is 16.6. The van der Waals surface area contributed by atoms with Crippen molar-refractivity contribution in [1.29, 1.82) is 0 Å². The lowest BCUT2D eigenvalue weighted by Gasteiger charge is -2.72. The molecule has 0 heterocycles. The Morgan fingerprint density at radius 3 is 2.21 bits per heavy atom. The first-order valence-corrected chi connectivity index (χ1v) is 19.7. The van der Waals surface area contributed by atoms with Crippen molar-refractivity contribution in [3.8, 4) is 0 Å². The van der Waals surface area contributed by atoms with Crippen molar-refractivity contribution in [2.75, 3.05) is 7.11 Å². The Labute approximate surface area is 288 Å². The molecule has 9 unspecified atom stereocenters. The molecule has 47 heavy (non-hydrogen) atoms. The van der Waals surface area contributed by atoms with Gasteiger partial charge in [0.05, 0.1) is 0 Å². The van der Waals surface area contributed by atoms with Gasteiger partial charge in [-0.05, 0) is 174 Å². The smallest absolute Gasteiger partial charge is 0.338 e. The lowest BCUT2D eigenvalue weighted by Crippen LogP contribution is -2.67. The lowest BCUT2D eigenvalue weighted by atomic mass is 9.33. The summed E-state index contributed by atoms with van der Waals surface area (Å²) in [5.41, 5.74) is 10.4. The molecule has 6 aliphatic carbocycles. The zero-order valence-electron chi connectivity index (χ0n) is 32.2. The van der Waals surface area contributed by atoms with Crippen LogP contribution in [0.3, 0.4) is 0 Å². The van der Waals surface area contributed by atoms with E-state index in [9.17, 15) is 4.79 Å². The van der Waals surface area contributed by atoms with E-state index < -0.39 is 11.2 Å². The van der Waals surface area contributed by atoms with Crippen LogP contribution < -0.4 is 5.73 Å². The molecule has 266 valence electrons. The van der Waals surface area contributed by atoms with Gasteiger partial charge in [0.2, 0.25) is 0 Å². The van der Waals surface area contributed by atoms with Crippen LogP contribution in [-0.4, -0.2) is 29.8 Å². The first-order valence-electron chi connectivity index (χ1n) is 19.7. The van der Waals surface area contributed by atoms with Gasteiger partial charge in [0.25, 0.3) is 0 Å². The molecule has 0 radical (unpaired) electrons. The topological polar surface area (TPSA) is 61.5 Å². The van der Waals surface area contributed by atoms with E-state index in [-0.39, 0.29) is 16.9 Å². The van der Waals surface area contributed by atoms with Gasteiger partial charge < -0.3 is 15.2 Å². The molecule has 5 saturated carbocycles. The largest absolute Gasteiger partial charge is 0.458 e. The fourth-order valence-electron chi connectivity index (χ4n) is 13.8. The molecule has 0 bridgehead atoms. The molecule has 4 heteroatoms. The maximum Gasteiger partial charge on any atom is 0.338 e. The van der Waals surface area contributed by atoms with Crippen molar-refractivity contribution in [1.82, 2.24) is 0 Å². The van der Waals surface area contributed by atoms with E-state index in [1.165, 1.54) is 69.8 Å². The summed E-state index contributed by atoms with van der Waals surface area (Å²) in [7, 11) is 1.70. The predicted octanol–water partition coefficient (Wildman–Crippen LogP) is 10.6. The SMILES string of the molecule is C=C(C)C1CCC2(N)CCC3(C)C(CCC4C5(C)CC=C(CC6CCC(OC)(C(=O)OC(C)(C)CC)CC6)C(C)(C)C5CCC43C)C12. The van der Waals surface area contributed by atoms with E-state index in [1.54, 1.807) is 12.7 Å². The summed E-state index contributed by atoms with van der Waals surface area (Å²) in [6.45, 7) is 26.2. The highest BCUT2D eigenvalue weighted by Gasteiger charge is 2.70. The number of hydrogen-bond donors (Lipinski definition) is 1. The van der Waals surface area contributed by atoms with Crippen LogP contribution in [-0.2, 0) is 14.3 Å². The van der Waals surface area contributed by atoms with Gasteiger partial charge in [0.1, 0.15) is 5.60 Å². The van der Waals surface area contributed by atoms with E-state index >= 15 is 0 Å². The van der Waals surface area contributed by atoms with Gasteiger partial charge >= 0.3 is 5.97 Å². The average Bonchev–Trinajstić information content (AvgIpc) is 3.37. The molecule has 0 aliphatic heterocycles. The number of ether oxygens (including phenoxy) is 2. The predicted molar refractivity (Wildman–Crippen MR) is 194 cm³/mol. The quantitative estimate of drug-likeness (QED) is 0.220. The molecule has 6 aliphatic rings. The summed E-state index contributed by atoms with van der Waals surface area (Å²) in [6.07, 6.45) is 19.9. The molecule has 9 atom stereocenters. The molecule has 5 fully saturated rings. The van der Waals surface area contributed by atoms with Crippen LogP contribution >= 0.6 is 0 Å². The highest BCUT2D eigenvalue weighted by molar-refractivity contribution is 5.80. The zero-order valence-corrected chi connectivity index (χ0v) is 32.2. The van der Waals surface area contributed by atoms with Crippen LogP contribution in [0.4, 0.5) is 0 Å². The number of carbonyl (C=O) groups is 1. The third-order valence-electron chi connectivity index (χ3n) is 17.3. The average molecular weight is 650 g/mol. The van der Waals surface area contributed by atoms with Crippen LogP contribution in [0.25, 0.3) is 0 Å². The van der Waals surface area contributed by atoms with Gasteiger partial charge in [0, 0.05) is 12.6 Å². The number of hydrogen-bond acceptors (Lipinski definition) is 4. The van der Waals surface area contributed by atoms with Crippen LogP contribution in [0.2, 0.25) is 0 Å². The second kappa shape index (κ2) is 11.7. The standard InChI is InChI=1S/C43H71NO3/c1-12-37(4,5)47-36(45)43(46-11)23-15-29(16-24-43)27-30-17-20-39(8)33(38(30,6)7)19-21-41(10)34(39)14-13-32-35-31(28(2)3)18-22-42(35,44)26-25-40(32,41)9/h17,29,31-35H,2,12-16,18-27,44H2,1,3-11H3. The number of carbonyl (C=O) groups excluding carboxylic acids is 1. The molecule has 0 spiro atoms. The minimum Gasteiger partial charge on any atom is -0.458 e. The van der Waals surface area contributed by atoms with Crippen molar-refractivity contribution in [2.45, 2.75) is 175 Å². The Kier molecular flexibility index (Phi) is 8.89. The molecule has 2 N–H and O–H groups in total. The Morgan fingerprint density at radius 2 is 1.60 bits per heavy atom. The Morgan fingerprint density at radius 1 is 0.915 bits per heavy atom. The molecular formula is C43H71NO3. The highest BCUT2D eigenvalue weighted by Crippen LogP contribution is 2.76. The first kappa shape index (κ1) is 35.7. The number of fused-ring (bicyclic) bond motifs is 7. The van der Waals surface area contributed by atoms with Crippen molar-refractivity contribution in [2.24, 2.45) is 62.9 Å². The molecule has 4 nitrogen and oxygen atoms in total. The van der Waals surface area contributed by atoms with E-state index in [1.807, 2.05) is 13.8 Å². The van der Waals surface area contributed by atoms with Crippen LogP contribution in [0.15, 0.2) is 23.8 Å². The second-order valence-electron chi connectivity index (χ2n) is 19.9. The summed E-state index contributed by atoms with van der Waals surface area (Å²) in [4.78, 5) is 13.3. The van der Waals surface area contributed by atoms with E-state index in [0.717, 1.165) is 43.9 Å². The zero-order chi connectivity index (χ0) is 34.4. The van der Waals surface area contributed by atoms with Gasteiger partial charge in [-0.15, -0.1) is 0 Å². The Balaban J connectivity index is 1.19. The van der Waals surface area contributed by atoms with E-state index in [0.29, 0.717) is 39.9 Å². The lowest BCUT2D eigenvalue weighted by molar-refractivity contribution is -0.219. The third-order valence-corrected chi connectivity index (χ3v) is 17.3. The second-order valence-corrected chi connectivity index (χ2v) is 19.9. The minimum atomic E-state index is -0.785. The number of esters is 1. The summed E-state index contributed by atoms with van der Waals surface area (Å²) in [5.74, 6) is 3.87. The van der Waals surface area contributed by atoms with Crippen LogP contribution in [0.5, 0.6) is 0 Å². The van der Waals surface area contributed by atoms with Gasteiger partial charge in [-0.3, -0.25) is 0 Å². The maximum absolute atomic E-state index is 13.3. The number of allylic oxidation sites excluding steroid dienone is 3. The monoisotopic (exact) mass is 650 g/mol. The van der Waals surface area contributed by atoms with Gasteiger partial charge in [-0.25, -0.2) is 4.79 Å². The molecule has 0 amide bonds. The fraction of sp³-hybridized carbons (Fsp3) is 0.884. The van der Waals surface area contributed by atoms with E-state index in [4.69, 9.17) is 15.2 Å². The molecule has 0 aromatic carbocycles. The number of nitrogens with two attached hydrogens (primary N) is 1. The molecule has 0 saturated heterocycles.